The maximum absolute atomic E-state index is 12.8. The van der Waals surface area contributed by atoms with E-state index in [9.17, 15) is 9.59 Å². The van der Waals surface area contributed by atoms with Crippen LogP contribution in [0.25, 0.3) is 11.3 Å². The van der Waals surface area contributed by atoms with Crippen molar-refractivity contribution in [2.75, 3.05) is 57.9 Å². The predicted octanol–water partition coefficient (Wildman–Crippen LogP) is 2.58. The van der Waals surface area contributed by atoms with Crippen molar-refractivity contribution in [3.8, 4) is 11.3 Å². The summed E-state index contributed by atoms with van der Waals surface area (Å²) in [6.07, 6.45) is 0. The third-order valence-corrected chi connectivity index (χ3v) is 5.78. The average Bonchev–Trinajstić information content (AvgIpc) is 2.81. The van der Waals surface area contributed by atoms with Crippen LogP contribution in [0.2, 0.25) is 5.02 Å². The number of ether oxygens (including phenoxy) is 1. The summed E-state index contributed by atoms with van der Waals surface area (Å²) >= 11 is 6.25. The molecule has 8 nitrogen and oxygen atoms in total. The fraction of sp³-hybridized carbons (Fsp3) is 0.478. The molecule has 1 fully saturated rings. The Labute approximate surface area is 194 Å². The Bertz CT molecular complexity index is 914. The van der Waals surface area contributed by atoms with Gasteiger partial charge in [-0.3, -0.25) is 9.59 Å². The van der Waals surface area contributed by atoms with Gasteiger partial charge in [0.25, 0.3) is 0 Å². The standard InChI is InChI=1S/C23H30ClN5O3/c1-17(2)23(31)29(14-15-32-3)16-22(30)28-12-10-27(11-13-28)21-9-8-20(25-26-21)18-6-4-5-7-19(18)24/h4-9,17H,10-16H2,1-3H3. The lowest BCUT2D eigenvalue weighted by Crippen LogP contribution is -2.52. The molecular formula is C23H30ClN5O3. The number of hydrogen-bond acceptors (Lipinski definition) is 6. The number of halogens is 1. The number of amides is 2. The zero-order chi connectivity index (χ0) is 23.1. The molecule has 1 aromatic carbocycles. The molecule has 0 bridgehead atoms. The van der Waals surface area contributed by atoms with Gasteiger partial charge in [-0.15, -0.1) is 10.2 Å². The second-order valence-electron chi connectivity index (χ2n) is 8.03. The Morgan fingerprint density at radius 2 is 1.81 bits per heavy atom. The Morgan fingerprint density at radius 1 is 1.09 bits per heavy atom. The van der Waals surface area contributed by atoms with Crippen LogP contribution in [-0.4, -0.2) is 84.8 Å². The van der Waals surface area contributed by atoms with E-state index in [4.69, 9.17) is 16.3 Å². The first-order valence-electron chi connectivity index (χ1n) is 10.8. The summed E-state index contributed by atoms with van der Waals surface area (Å²) in [4.78, 5) is 30.7. The molecule has 0 saturated carbocycles. The topological polar surface area (TPSA) is 78.9 Å². The first kappa shape index (κ1) is 23.9. The highest BCUT2D eigenvalue weighted by molar-refractivity contribution is 6.33. The summed E-state index contributed by atoms with van der Waals surface area (Å²) in [5.41, 5.74) is 1.57. The summed E-state index contributed by atoms with van der Waals surface area (Å²) < 4.78 is 5.09. The van der Waals surface area contributed by atoms with Gasteiger partial charge in [-0.2, -0.15) is 0 Å². The van der Waals surface area contributed by atoms with Gasteiger partial charge in [-0.25, -0.2) is 0 Å². The maximum Gasteiger partial charge on any atom is 0.242 e. The number of methoxy groups -OCH3 is 1. The van der Waals surface area contributed by atoms with E-state index < -0.39 is 0 Å². The van der Waals surface area contributed by atoms with Crippen LogP contribution in [0.5, 0.6) is 0 Å². The van der Waals surface area contributed by atoms with Crippen LogP contribution in [0, 0.1) is 5.92 Å². The van der Waals surface area contributed by atoms with Crippen LogP contribution in [-0.2, 0) is 14.3 Å². The molecule has 32 heavy (non-hydrogen) atoms. The van der Waals surface area contributed by atoms with E-state index >= 15 is 0 Å². The van der Waals surface area contributed by atoms with Crippen molar-refractivity contribution >= 4 is 29.2 Å². The van der Waals surface area contributed by atoms with E-state index in [1.54, 1.807) is 16.9 Å². The fourth-order valence-corrected chi connectivity index (χ4v) is 3.82. The molecular weight excluding hydrogens is 430 g/mol. The van der Waals surface area contributed by atoms with Crippen LogP contribution in [0.15, 0.2) is 36.4 Å². The second kappa shape index (κ2) is 11.2. The molecule has 0 N–H and O–H groups in total. The van der Waals surface area contributed by atoms with Crippen molar-refractivity contribution in [1.82, 2.24) is 20.0 Å². The van der Waals surface area contributed by atoms with Crippen molar-refractivity contribution in [3.63, 3.8) is 0 Å². The van der Waals surface area contributed by atoms with E-state index in [0.29, 0.717) is 44.4 Å². The third kappa shape index (κ3) is 5.95. The molecule has 1 aliphatic rings. The SMILES string of the molecule is COCCN(CC(=O)N1CCN(c2ccc(-c3ccccc3Cl)nn2)CC1)C(=O)C(C)C. The van der Waals surface area contributed by atoms with Crippen molar-refractivity contribution in [1.29, 1.82) is 0 Å². The van der Waals surface area contributed by atoms with Crippen LogP contribution >= 0.6 is 11.6 Å². The highest BCUT2D eigenvalue weighted by Gasteiger charge is 2.26. The van der Waals surface area contributed by atoms with E-state index in [-0.39, 0.29) is 24.3 Å². The number of nitrogens with zero attached hydrogens (tertiary/aromatic N) is 5. The minimum Gasteiger partial charge on any atom is -0.383 e. The molecule has 1 aliphatic heterocycles. The molecule has 0 atom stereocenters. The zero-order valence-electron chi connectivity index (χ0n) is 18.8. The summed E-state index contributed by atoms with van der Waals surface area (Å²) in [6.45, 7) is 7.01. The molecule has 0 unspecified atom stereocenters. The van der Waals surface area contributed by atoms with E-state index in [0.717, 1.165) is 17.1 Å². The first-order valence-corrected chi connectivity index (χ1v) is 11.2. The van der Waals surface area contributed by atoms with Crippen LogP contribution < -0.4 is 4.90 Å². The summed E-state index contributed by atoms with van der Waals surface area (Å²) in [5, 5.41) is 9.33. The zero-order valence-corrected chi connectivity index (χ0v) is 19.6. The smallest absolute Gasteiger partial charge is 0.242 e. The van der Waals surface area contributed by atoms with Crippen molar-refractivity contribution in [3.05, 3.63) is 41.4 Å². The van der Waals surface area contributed by atoms with Gasteiger partial charge in [0.2, 0.25) is 11.8 Å². The van der Waals surface area contributed by atoms with E-state index in [1.807, 2.05) is 50.2 Å². The monoisotopic (exact) mass is 459 g/mol. The van der Waals surface area contributed by atoms with E-state index in [1.165, 1.54) is 0 Å². The Kier molecular flexibility index (Phi) is 8.41. The molecule has 3 rings (SSSR count). The van der Waals surface area contributed by atoms with Crippen molar-refractivity contribution in [2.24, 2.45) is 5.92 Å². The van der Waals surface area contributed by atoms with Gasteiger partial charge in [0.15, 0.2) is 5.82 Å². The number of anilines is 1. The largest absolute Gasteiger partial charge is 0.383 e. The summed E-state index contributed by atoms with van der Waals surface area (Å²) in [5.74, 6) is 0.520. The predicted molar refractivity (Wildman–Crippen MR) is 125 cm³/mol. The van der Waals surface area contributed by atoms with Gasteiger partial charge in [0.1, 0.15) is 0 Å². The average molecular weight is 460 g/mol. The number of carbonyl (C=O) groups excluding carboxylic acids is 2. The van der Waals surface area contributed by atoms with Crippen LogP contribution in [0.1, 0.15) is 13.8 Å². The third-order valence-electron chi connectivity index (χ3n) is 5.45. The first-order chi connectivity index (χ1) is 15.4. The summed E-state index contributed by atoms with van der Waals surface area (Å²) in [6, 6.07) is 11.4. The molecule has 172 valence electrons. The maximum atomic E-state index is 12.8. The van der Waals surface area contributed by atoms with Gasteiger partial charge < -0.3 is 19.4 Å². The quantitative estimate of drug-likeness (QED) is 0.603. The Hall–Kier alpha value is -2.71. The minimum absolute atomic E-state index is 0.0390. The van der Waals surface area contributed by atoms with Gasteiger partial charge >= 0.3 is 0 Å². The minimum atomic E-state index is -0.163. The van der Waals surface area contributed by atoms with Crippen LogP contribution in [0.4, 0.5) is 5.82 Å². The lowest BCUT2D eigenvalue weighted by molar-refractivity contribution is -0.143. The number of piperazine rings is 1. The molecule has 0 radical (unpaired) electrons. The molecule has 2 heterocycles. The highest BCUT2D eigenvalue weighted by atomic mass is 35.5. The molecule has 1 saturated heterocycles. The van der Waals surface area contributed by atoms with Crippen LogP contribution in [0.3, 0.4) is 0 Å². The number of rotatable bonds is 8. The number of hydrogen-bond donors (Lipinski definition) is 0. The van der Waals surface area contributed by atoms with Gasteiger partial charge in [0, 0.05) is 51.3 Å². The van der Waals surface area contributed by atoms with Crippen molar-refractivity contribution < 1.29 is 14.3 Å². The van der Waals surface area contributed by atoms with E-state index in [2.05, 4.69) is 15.1 Å². The molecule has 2 amide bonds. The molecule has 1 aromatic heterocycles. The van der Waals surface area contributed by atoms with Crippen molar-refractivity contribution in [2.45, 2.75) is 13.8 Å². The second-order valence-corrected chi connectivity index (χ2v) is 8.44. The van der Waals surface area contributed by atoms with Gasteiger partial charge in [-0.1, -0.05) is 43.6 Å². The number of carbonyl (C=O) groups is 2. The fourth-order valence-electron chi connectivity index (χ4n) is 3.59. The number of aromatic nitrogens is 2. The molecule has 2 aromatic rings. The lowest BCUT2D eigenvalue weighted by Gasteiger charge is -2.36. The number of benzene rings is 1. The normalized spacial score (nSPS) is 14.0. The Balaban J connectivity index is 1.56. The molecule has 0 aliphatic carbocycles. The van der Waals surface area contributed by atoms with Gasteiger partial charge in [-0.05, 0) is 18.2 Å². The molecule has 9 heteroatoms. The molecule has 0 spiro atoms. The highest BCUT2D eigenvalue weighted by Crippen LogP contribution is 2.26. The lowest BCUT2D eigenvalue weighted by atomic mass is 10.1. The van der Waals surface area contributed by atoms with Gasteiger partial charge in [0.05, 0.1) is 23.9 Å². The summed E-state index contributed by atoms with van der Waals surface area (Å²) in [7, 11) is 1.59. The Morgan fingerprint density at radius 3 is 2.41 bits per heavy atom.